The molecule has 0 aliphatic carbocycles. The van der Waals surface area contributed by atoms with Gasteiger partial charge in [0.15, 0.2) is 23.3 Å². The van der Waals surface area contributed by atoms with E-state index in [0.29, 0.717) is 46.7 Å². The second-order valence-corrected chi connectivity index (χ2v) is 16.5. The van der Waals surface area contributed by atoms with Crippen LogP contribution >= 0.6 is 0 Å². The van der Waals surface area contributed by atoms with Gasteiger partial charge in [0.25, 0.3) is 0 Å². The Balaban J connectivity index is 1.08. The van der Waals surface area contributed by atoms with Gasteiger partial charge in [-0.2, -0.15) is 19.9 Å². The van der Waals surface area contributed by atoms with E-state index >= 15 is 0 Å². The first-order chi connectivity index (χ1) is 33.7. The molecule has 0 radical (unpaired) electrons. The highest BCUT2D eigenvalue weighted by Gasteiger charge is 2.27. The minimum absolute atomic E-state index is 0.454. The molecule has 0 saturated heterocycles. The number of fused-ring (bicyclic) bond motifs is 10. The molecule has 0 bridgehead atoms. The van der Waals surface area contributed by atoms with Crippen LogP contribution in [0.4, 0.5) is 0 Å². The summed E-state index contributed by atoms with van der Waals surface area (Å²) in [5.41, 5.74) is 12.7. The van der Waals surface area contributed by atoms with E-state index in [1.807, 2.05) is 146 Å². The van der Waals surface area contributed by atoms with Gasteiger partial charge in [-0.15, -0.1) is 0 Å². The number of rotatable bonds is 7. The second kappa shape index (κ2) is 14.9. The molecule has 68 heavy (non-hydrogen) atoms. The summed E-state index contributed by atoms with van der Waals surface area (Å²) in [6, 6.07) is 69.4. The highest BCUT2D eigenvalue weighted by atomic mass is 15.3. The minimum Gasteiger partial charge on any atom is -0.275 e. The Morgan fingerprint density at radius 3 is 0.912 bits per heavy atom. The van der Waals surface area contributed by atoms with Crippen molar-refractivity contribution < 1.29 is 0 Å². The summed E-state index contributed by atoms with van der Waals surface area (Å²) in [4.78, 5) is 41.5. The summed E-state index contributed by atoms with van der Waals surface area (Å²) in [6.07, 6.45) is 0. The van der Waals surface area contributed by atoms with E-state index in [0.717, 1.165) is 77.5 Å². The third kappa shape index (κ3) is 5.80. The van der Waals surface area contributed by atoms with Crippen molar-refractivity contribution in [2.24, 2.45) is 0 Å². The molecule has 12 heteroatoms. The van der Waals surface area contributed by atoms with Crippen LogP contribution in [-0.2, 0) is 0 Å². The van der Waals surface area contributed by atoms with Crippen LogP contribution in [0.1, 0.15) is 0 Å². The summed E-state index contributed by atoms with van der Waals surface area (Å²) >= 11 is 0. The van der Waals surface area contributed by atoms with Crippen molar-refractivity contribution in [2.75, 3.05) is 0 Å². The third-order valence-electron chi connectivity index (χ3n) is 12.5. The monoisotopic (exact) mass is 874 g/mol. The van der Waals surface area contributed by atoms with Crippen LogP contribution in [0, 0.1) is 0 Å². The summed E-state index contributed by atoms with van der Waals surface area (Å²) in [7, 11) is 0. The molecule has 0 atom stereocenters. The van der Waals surface area contributed by atoms with Crippen LogP contribution < -0.4 is 0 Å². The summed E-state index contributed by atoms with van der Waals surface area (Å²) in [6.45, 7) is 0. The zero-order valence-corrected chi connectivity index (χ0v) is 36.0. The van der Waals surface area contributed by atoms with Crippen molar-refractivity contribution in [3.05, 3.63) is 206 Å². The highest BCUT2D eigenvalue weighted by molar-refractivity contribution is 6.07. The molecular weight excluding hydrogens is 841 g/mol. The van der Waals surface area contributed by atoms with Crippen molar-refractivity contribution in [2.45, 2.75) is 0 Å². The molecule has 0 amide bonds. The van der Waals surface area contributed by atoms with Crippen LogP contribution in [0.3, 0.4) is 0 Å². The summed E-state index contributed by atoms with van der Waals surface area (Å²) < 4.78 is 8.59. The molecule has 0 saturated carbocycles. The molecule has 14 rings (SSSR count). The third-order valence-corrected chi connectivity index (χ3v) is 12.5. The number of nitrogens with zero attached hydrogens (tertiary/aromatic N) is 12. The lowest BCUT2D eigenvalue weighted by molar-refractivity contribution is 0.936. The number of imidazole rings is 4. The van der Waals surface area contributed by atoms with Crippen molar-refractivity contribution in [3.8, 4) is 68.6 Å². The van der Waals surface area contributed by atoms with Crippen molar-refractivity contribution in [3.63, 3.8) is 0 Å². The lowest BCUT2D eigenvalue weighted by atomic mass is 10.0. The van der Waals surface area contributed by atoms with Crippen LogP contribution in [0.25, 0.3) is 124 Å². The smallest absolute Gasteiger partial charge is 0.241 e. The molecule has 0 aliphatic rings. The van der Waals surface area contributed by atoms with E-state index in [1.165, 1.54) is 0 Å². The zero-order chi connectivity index (χ0) is 44.7. The Morgan fingerprint density at radius 1 is 0.250 bits per heavy atom. The van der Waals surface area contributed by atoms with Gasteiger partial charge in [0, 0.05) is 33.4 Å². The molecule has 0 unspecified atom stereocenters. The van der Waals surface area contributed by atoms with Gasteiger partial charge >= 0.3 is 0 Å². The molecule has 12 nitrogen and oxygen atoms in total. The normalized spacial score (nSPS) is 11.8. The Bertz CT molecular complexity index is 3860. The highest BCUT2D eigenvalue weighted by Crippen LogP contribution is 2.41. The van der Waals surface area contributed by atoms with Crippen molar-refractivity contribution in [1.29, 1.82) is 0 Å². The van der Waals surface area contributed by atoms with Crippen molar-refractivity contribution >= 4 is 55.7 Å². The fraction of sp³-hybridized carbons (Fsp3) is 0. The first-order valence-electron chi connectivity index (χ1n) is 22.3. The maximum Gasteiger partial charge on any atom is 0.241 e. The molecule has 0 aliphatic heterocycles. The first-order valence-corrected chi connectivity index (χ1v) is 22.3. The van der Waals surface area contributed by atoms with E-state index in [1.54, 1.807) is 0 Å². The van der Waals surface area contributed by atoms with E-state index in [9.17, 15) is 0 Å². The molecule has 0 fully saturated rings. The van der Waals surface area contributed by atoms with Gasteiger partial charge in [-0.1, -0.05) is 170 Å². The van der Waals surface area contributed by atoms with Crippen LogP contribution in [0.15, 0.2) is 206 Å². The Hall–Kier alpha value is -9.68. The van der Waals surface area contributed by atoms with Gasteiger partial charge in [-0.3, -0.25) is 8.80 Å². The molecule has 318 valence electrons. The average Bonchev–Trinajstić information content (AvgIpc) is 4.16. The maximum atomic E-state index is 5.31. The Kier molecular flexibility index (Phi) is 8.28. The largest absolute Gasteiger partial charge is 0.275 e. The Morgan fingerprint density at radius 2 is 0.559 bits per heavy atom. The second-order valence-electron chi connectivity index (χ2n) is 16.5. The van der Waals surface area contributed by atoms with Gasteiger partial charge in [-0.25, -0.2) is 29.1 Å². The van der Waals surface area contributed by atoms with E-state index in [2.05, 4.69) is 78.6 Å². The molecule has 14 aromatic rings. The predicted octanol–water partition coefficient (Wildman–Crippen LogP) is 11.9. The predicted molar refractivity (Wildman–Crippen MR) is 267 cm³/mol. The van der Waals surface area contributed by atoms with Crippen LogP contribution in [-0.4, -0.2) is 57.8 Å². The summed E-state index contributed by atoms with van der Waals surface area (Å²) in [5.74, 6) is 4.50. The maximum absolute atomic E-state index is 5.31. The zero-order valence-electron chi connectivity index (χ0n) is 36.0. The van der Waals surface area contributed by atoms with Crippen LogP contribution in [0.2, 0.25) is 0 Å². The standard InChI is InChI=1S/C56H34N12/c1-5-19-35(20-6-1)49-59-50(36-21-7-2-8-22-36)62-53(61-49)67-45-33-17-27-39(47(45)65-43-31-15-13-29-41(43)57-55(65)67)40-28-18-34-46-48(40)66-44-32-16-14-30-42(44)58-56(66)68(46)54-63-51(37-23-9-3-10-24-37)60-52(64-54)38-25-11-4-12-26-38/h1-34H. The number of para-hydroxylation sites is 6. The van der Waals surface area contributed by atoms with E-state index < -0.39 is 0 Å². The fourth-order valence-corrected chi connectivity index (χ4v) is 9.50. The van der Waals surface area contributed by atoms with Gasteiger partial charge in [0.05, 0.1) is 44.1 Å². The number of hydrogen-bond acceptors (Lipinski definition) is 8. The first kappa shape index (κ1) is 37.7. The van der Waals surface area contributed by atoms with Crippen LogP contribution in [0.5, 0.6) is 0 Å². The SMILES string of the molecule is c1ccc(-c2nc(-c3ccccc3)nc(-n3c4cccc(-c5cccc6c5n5c7ccccc7nc5n6-c5nc(-c6ccccc6)nc(-c6ccccc6)n5)c4n4c5ccccc5nc34)n2)cc1. The van der Waals surface area contributed by atoms with Gasteiger partial charge in [-0.05, 0) is 36.4 Å². The van der Waals surface area contributed by atoms with Crippen molar-refractivity contribution in [1.82, 2.24) is 57.8 Å². The minimum atomic E-state index is 0.454. The Labute approximate surface area is 386 Å². The molecule has 8 aromatic carbocycles. The van der Waals surface area contributed by atoms with Gasteiger partial charge in [0.1, 0.15) is 0 Å². The molecule has 0 N–H and O–H groups in total. The van der Waals surface area contributed by atoms with Gasteiger partial charge in [0.2, 0.25) is 23.5 Å². The fourth-order valence-electron chi connectivity index (χ4n) is 9.50. The summed E-state index contributed by atoms with van der Waals surface area (Å²) in [5, 5.41) is 0. The average molecular weight is 875 g/mol. The molecule has 6 heterocycles. The van der Waals surface area contributed by atoms with Gasteiger partial charge < -0.3 is 0 Å². The van der Waals surface area contributed by atoms with E-state index in [4.69, 9.17) is 39.9 Å². The number of hydrogen-bond donors (Lipinski definition) is 0. The number of aromatic nitrogens is 12. The quantitative estimate of drug-likeness (QED) is 0.155. The lowest BCUT2D eigenvalue weighted by Gasteiger charge is -2.11. The molecule has 6 aromatic heterocycles. The topological polar surface area (TPSA) is 122 Å². The number of benzene rings is 8. The molecule has 0 spiro atoms. The molecular formula is C56H34N12. The van der Waals surface area contributed by atoms with E-state index in [-0.39, 0.29) is 0 Å². The lowest BCUT2D eigenvalue weighted by Crippen LogP contribution is -2.07.